The highest BCUT2D eigenvalue weighted by molar-refractivity contribution is 7.07. The van der Waals surface area contributed by atoms with E-state index in [4.69, 9.17) is 5.73 Å². The first-order valence-electron chi connectivity index (χ1n) is 6.65. The van der Waals surface area contributed by atoms with Gasteiger partial charge in [-0.1, -0.05) is 26.7 Å². The van der Waals surface area contributed by atoms with Crippen LogP contribution in [0.3, 0.4) is 0 Å². The molecule has 0 aromatic carbocycles. The van der Waals surface area contributed by atoms with E-state index in [0.29, 0.717) is 18.5 Å². The molecule has 0 amide bonds. The third-order valence-electron chi connectivity index (χ3n) is 2.82. The van der Waals surface area contributed by atoms with Crippen molar-refractivity contribution in [3.05, 3.63) is 22.4 Å². The van der Waals surface area contributed by atoms with Crippen molar-refractivity contribution in [1.29, 1.82) is 0 Å². The summed E-state index contributed by atoms with van der Waals surface area (Å²) in [7, 11) is 0. The minimum atomic E-state index is 0.398. The number of nitrogens with two attached hydrogens (primary N) is 1. The zero-order valence-electron chi connectivity index (χ0n) is 11.6. The summed E-state index contributed by atoms with van der Waals surface area (Å²) in [5.41, 5.74) is 7.08. The van der Waals surface area contributed by atoms with Crippen molar-refractivity contribution >= 4 is 17.3 Å². The lowest BCUT2D eigenvalue weighted by atomic mass is 10.0. The lowest BCUT2D eigenvalue weighted by Crippen LogP contribution is -2.38. The SMILES string of the molecule is CC(C)CCCC(C)NC(N)=NCc1ccsc1. The van der Waals surface area contributed by atoms with Gasteiger partial charge in [0.05, 0.1) is 6.54 Å². The number of thiophene rings is 1. The zero-order valence-corrected chi connectivity index (χ0v) is 12.5. The summed E-state index contributed by atoms with van der Waals surface area (Å²) in [6, 6.07) is 2.48. The lowest BCUT2D eigenvalue weighted by Gasteiger charge is -2.14. The van der Waals surface area contributed by atoms with Crippen LogP contribution in [0, 0.1) is 5.92 Å². The van der Waals surface area contributed by atoms with E-state index in [2.05, 4.69) is 47.9 Å². The van der Waals surface area contributed by atoms with Crippen LogP contribution in [0.1, 0.15) is 45.6 Å². The van der Waals surface area contributed by atoms with Gasteiger partial charge in [-0.15, -0.1) is 0 Å². The topological polar surface area (TPSA) is 50.4 Å². The molecule has 102 valence electrons. The van der Waals surface area contributed by atoms with Gasteiger partial charge in [0.15, 0.2) is 5.96 Å². The molecule has 1 rings (SSSR count). The number of guanidine groups is 1. The Hall–Kier alpha value is -1.03. The van der Waals surface area contributed by atoms with E-state index in [1.807, 2.05) is 0 Å². The predicted octanol–water partition coefficient (Wildman–Crippen LogP) is 3.37. The predicted molar refractivity (Wildman–Crippen MR) is 80.9 cm³/mol. The largest absolute Gasteiger partial charge is 0.370 e. The van der Waals surface area contributed by atoms with Gasteiger partial charge in [0.2, 0.25) is 0 Å². The highest BCUT2D eigenvalue weighted by atomic mass is 32.1. The van der Waals surface area contributed by atoms with E-state index >= 15 is 0 Å². The van der Waals surface area contributed by atoms with Crippen LogP contribution < -0.4 is 11.1 Å². The Labute approximate surface area is 115 Å². The first-order valence-corrected chi connectivity index (χ1v) is 7.59. The minimum Gasteiger partial charge on any atom is -0.370 e. The zero-order chi connectivity index (χ0) is 13.4. The van der Waals surface area contributed by atoms with E-state index in [9.17, 15) is 0 Å². The maximum atomic E-state index is 5.87. The molecular formula is C14H25N3S. The second-order valence-corrected chi connectivity index (χ2v) is 5.98. The van der Waals surface area contributed by atoms with Crippen LogP contribution in [0.2, 0.25) is 0 Å². The monoisotopic (exact) mass is 267 g/mol. The molecule has 0 aliphatic carbocycles. The first kappa shape index (κ1) is 15.0. The summed E-state index contributed by atoms with van der Waals surface area (Å²) in [5.74, 6) is 1.33. The van der Waals surface area contributed by atoms with Crippen molar-refractivity contribution in [2.45, 2.75) is 52.6 Å². The summed E-state index contributed by atoms with van der Waals surface area (Å²) < 4.78 is 0. The van der Waals surface area contributed by atoms with E-state index in [-0.39, 0.29) is 0 Å². The fourth-order valence-corrected chi connectivity index (χ4v) is 2.42. The molecule has 0 saturated carbocycles. The van der Waals surface area contributed by atoms with Crippen LogP contribution in [0.5, 0.6) is 0 Å². The van der Waals surface area contributed by atoms with Gasteiger partial charge >= 0.3 is 0 Å². The Morgan fingerprint density at radius 1 is 1.39 bits per heavy atom. The van der Waals surface area contributed by atoms with Crippen molar-refractivity contribution in [2.75, 3.05) is 0 Å². The van der Waals surface area contributed by atoms with Gasteiger partial charge in [-0.05, 0) is 41.7 Å². The number of nitrogens with one attached hydrogen (secondary N) is 1. The second kappa shape index (κ2) is 8.14. The van der Waals surface area contributed by atoms with Gasteiger partial charge in [-0.3, -0.25) is 0 Å². The number of hydrogen-bond donors (Lipinski definition) is 2. The molecular weight excluding hydrogens is 242 g/mol. The highest BCUT2D eigenvalue weighted by Gasteiger charge is 2.03. The van der Waals surface area contributed by atoms with Gasteiger partial charge < -0.3 is 11.1 Å². The van der Waals surface area contributed by atoms with Crippen molar-refractivity contribution in [2.24, 2.45) is 16.6 Å². The smallest absolute Gasteiger partial charge is 0.189 e. The van der Waals surface area contributed by atoms with Gasteiger partial charge in [0.25, 0.3) is 0 Å². The van der Waals surface area contributed by atoms with E-state index in [1.54, 1.807) is 11.3 Å². The maximum absolute atomic E-state index is 5.87. The standard InChI is InChI=1S/C14H25N3S/c1-11(2)5-4-6-12(3)17-14(15)16-9-13-7-8-18-10-13/h7-8,10-12H,4-6,9H2,1-3H3,(H3,15,16,17). The van der Waals surface area contributed by atoms with E-state index < -0.39 is 0 Å². The number of rotatable bonds is 7. The molecule has 1 aromatic heterocycles. The normalized spacial score (nSPS) is 13.9. The van der Waals surface area contributed by atoms with Crippen LogP contribution >= 0.6 is 11.3 Å². The molecule has 18 heavy (non-hydrogen) atoms. The quantitative estimate of drug-likeness (QED) is 0.588. The van der Waals surface area contributed by atoms with E-state index in [0.717, 1.165) is 12.3 Å². The van der Waals surface area contributed by atoms with Crippen LogP contribution in [0.4, 0.5) is 0 Å². The molecule has 1 heterocycles. The molecule has 1 atom stereocenters. The lowest BCUT2D eigenvalue weighted by molar-refractivity contribution is 0.493. The summed E-state index contributed by atoms with van der Waals surface area (Å²) >= 11 is 1.69. The van der Waals surface area contributed by atoms with Crippen LogP contribution in [-0.4, -0.2) is 12.0 Å². The Morgan fingerprint density at radius 2 is 2.17 bits per heavy atom. The van der Waals surface area contributed by atoms with Crippen molar-refractivity contribution in [3.63, 3.8) is 0 Å². The van der Waals surface area contributed by atoms with Crippen molar-refractivity contribution in [1.82, 2.24) is 5.32 Å². The number of aliphatic imine (C=N–C) groups is 1. The van der Waals surface area contributed by atoms with Gasteiger partial charge in [-0.2, -0.15) is 11.3 Å². The molecule has 0 radical (unpaired) electrons. The molecule has 0 fully saturated rings. The summed E-state index contributed by atoms with van der Waals surface area (Å²) in [6.07, 6.45) is 3.66. The molecule has 4 heteroatoms. The maximum Gasteiger partial charge on any atom is 0.189 e. The second-order valence-electron chi connectivity index (χ2n) is 5.20. The molecule has 3 N–H and O–H groups in total. The van der Waals surface area contributed by atoms with Gasteiger partial charge in [0.1, 0.15) is 0 Å². The van der Waals surface area contributed by atoms with Gasteiger partial charge in [0, 0.05) is 6.04 Å². The van der Waals surface area contributed by atoms with Gasteiger partial charge in [-0.25, -0.2) is 4.99 Å². The molecule has 0 aliphatic rings. The average molecular weight is 267 g/mol. The third-order valence-corrected chi connectivity index (χ3v) is 3.56. The van der Waals surface area contributed by atoms with E-state index in [1.165, 1.54) is 18.4 Å². The van der Waals surface area contributed by atoms with Crippen molar-refractivity contribution in [3.8, 4) is 0 Å². The molecule has 1 unspecified atom stereocenters. The fourth-order valence-electron chi connectivity index (χ4n) is 1.76. The van der Waals surface area contributed by atoms with Crippen LogP contribution in [-0.2, 0) is 6.54 Å². The molecule has 0 bridgehead atoms. The molecule has 0 spiro atoms. The molecule has 1 aromatic rings. The Bertz CT molecular complexity index is 344. The summed E-state index contributed by atoms with van der Waals surface area (Å²) in [6.45, 7) is 7.35. The first-order chi connectivity index (χ1) is 8.58. The Kier molecular flexibility index (Phi) is 6.80. The van der Waals surface area contributed by atoms with Crippen LogP contribution in [0.25, 0.3) is 0 Å². The average Bonchev–Trinajstić information content (AvgIpc) is 2.78. The third kappa shape index (κ3) is 6.64. The number of hydrogen-bond acceptors (Lipinski definition) is 2. The summed E-state index contributed by atoms with van der Waals surface area (Å²) in [5, 5.41) is 7.41. The minimum absolute atomic E-state index is 0.398. The fraction of sp³-hybridized carbons (Fsp3) is 0.643. The highest BCUT2D eigenvalue weighted by Crippen LogP contribution is 2.08. The van der Waals surface area contributed by atoms with Crippen LogP contribution in [0.15, 0.2) is 21.8 Å². The Morgan fingerprint density at radius 3 is 2.78 bits per heavy atom. The Balaban J connectivity index is 2.21. The summed E-state index contributed by atoms with van der Waals surface area (Å²) in [4.78, 5) is 4.34. The molecule has 0 aliphatic heterocycles. The molecule has 3 nitrogen and oxygen atoms in total. The number of nitrogens with zero attached hydrogens (tertiary/aromatic N) is 1. The molecule has 0 saturated heterocycles. The van der Waals surface area contributed by atoms with Crippen molar-refractivity contribution < 1.29 is 0 Å².